The van der Waals surface area contributed by atoms with Gasteiger partial charge >= 0.3 is 11.7 Å². The molecule has 10 atom stereocenters. The monoisotopic (exact) mass is 528 g/mol. The molecule has 8 heteroatoms. The standard InChI is InChI=1S/C30H44N2O6/c1-28-11-8-18(24-15-31(3)25(33)16-32(24)27(35)36)14-20(28)5-6-23-22(28)9-12-29(2)21(10-13-30(23,29)37)19-4-7-26(34)38-17-19/h4,7,17-18,20-25,33,37H,5-6,8-16H2,1-3H3,(H,35,36)/t18?,20?,21-,22+,23-,24?,25+,28-,29-,30+/m1/s1. The number of amides is 1. The summed E-state index contributed by atoms with van der Waals surface area (Å²) in [6, 6.07) is 3.31. The molecule has 1 amide bonds. The molecule has 1 saturated heterocycles. The number of nitrogens with zero attached hydrogens (tertiary/aromatic N) is 2. The molecule has 0 aromatic carbocycles. The van der Waals surface area contributed by atoms with Gasteiger partial charge < -0.3 is 19.7 Å². The molecule has 5 aliphatic rings. The van der Waals surface area contributed by atoms with Crippen LogP contribution in [0.25, 0.3) is 0 Å². The van der Waals surface area contributed by atoms with Crippen molar-refractivity contribution in [2.24, 2.45) is 34.5 Å². The van der Waals surface area contributed by atoms with E-state index in [4.69, 9.17) is 4.42 Å². The average molecular weight is 529 g/mol. The van der Waals surface area contributed by atoms with Crippen LogP contribution in [0.5, 0.6) is 0 Å². The number of hydrogen-bond acceptors (Lipinski definition) is 6. The Bertz CT molecular complexity index is 1120. The van der Waals surface area contributed by atoms with Crippen molar-refractivity contribution in [1.82, 2.24) is 9.80 Å². The zero-order chi connectivity index (χ0) is 27.0. The molecular weight excluding hydrogens is 484 g/mol. The van der Waals surface area contributed by atoms with Crippen LogP contribution in [-0.4, -0.2) is 69.2 Å². The highest BCUT2D eigenvalue weighted by Gasteiger charge is 2.67. The van der Waals surface area contributed by atoms with Gasteiger partial charge in [0.25, 0.3) is 0 Å². The Kier molecular flexibility index (Phi) is 6.28. The fourth-order valence-corrected chi connectivity index (χ4v) is 10.3. The lowest BCUT2D eigenvalue weighted by molar-refractivity contribution is -0.205. The Hall–Kier alpha value is -1.90. The van der Waals surface area contributed by atoms with Crippen LogP contribution in [0.15, 0.2) is 27.6 Å². The van der Waals surface area contributed by atoms with Crippen LogP contribution >= 0.6 is 0 Å². The first-order valence-corrected chi connectivity index (χ1v) is 14.7. The van der Waals surface area contributed by atoms with E-state index in [0.717, 1.165) is 63.4 Å². The number of hydrogen-bond donors (Lipinski definition) is 3. The molecule has 2 heterocycles. The number of piperazine rings is 1. The SMILES string of the molecule is CN1CC(C2CC[C@]3(C)C(CC[C@@H]4[C@@H]3CC[C@]3(C)[C@@H](c5ccc(=O)oc5)CC[C@]43O)C2)N(C(=O)O)C[C@@H]1O. The molecule has 3 unspecified atom stereocenters. The van der Waals surface area contributed by atoms with Crippen molar-refractivity contribution in [1.29, 1.82) is 0 Å². The molecule has 4 saturated carbocycles. The molecule has 38 heavy (non-hydrogen) atoms. The van der Waals surface area contributed by atoms with Gasteiger partial charge in [-0.25, -0.2) is 9.59 Å². The summed E-state index contributed by atoms with van der Waals surface area (Å²) >= 11 is 0. The Labute approximate surface area is 225 Å². The van der Waals surface area contributed by atoms with Crippen molar-refractivity contribution in [3.63, 3.8) is 0 Å². The molecule has 4 aliphatic carbocycles. The first kappa shape index (κ1) is 26.3. The lowest BCUT2D eigenvalue weighted by Gasteiger charge is -2.64. The summed E-state index contributed by atoms with van der Waals surface area (Å²) in [7, 11) is 1.88. The van der Waals surface area contributed by atoms with Gasteiger partial charge in [-0.1, -0.05) is 13.8 Å². The Morgan fingerprint density at radius 1 is 1.03 bits per heavy atom. The van der Waals surface area contributed by atoms with Crippen molar-refractivity contribution >= 4 is 6.09 Å². The van der Waals surface area contributed by atoms with E-state index in [-0.39, 0.29) is 40.9 Å². The molecule has 1 aliphatic heterocycles. The minimum Gasteiger partial charge on any atom is -0.465 e. The summed E-state index contributed by atoms with van der Waals surface area (Å²) in [5, 5.41) is 32.6. The molecule has 1 aromatic heterocycles. The largest absolute Gasteiger partial charge is 0.465 e. The van der Waals surface area contributed by atoms with E-state index in [2.05, 4.69) is 13.8 Å². The van der Waals surface area contributed by atoms with Crippen LogP contribution in [-0.2, 0) is 0 Å². The van der Waals surface area contributed by atoms with Gasteiger partial charge in [0.15, 0.2) is 0 Å². The van der Waals surface area contributed by atoms with Gasteiger partial charge in [-0.15, -0.1) is 0 Å². The topological polar surface area (TPSA) is 114 Å². The fraction of sp³-hybridized carbons (Fsp3) is 0.800. The zero-order valence-corrected chi connectivity index (χ0v) is 23.0. The molecule has 0 spiro atoms. The number of rotatable bonds is 2. The summed E-state index contributed by atoms with van der Waals surface area (Å²) in [6.45, 7) is 5.45. The highest BCUT2D eigenvalue weighted by molar-refractivity contribution is 5.65. The van der Waals surface area contributed by atoms with E-state index in [1.54, 1.807) is 6.26 Å². The van der Waals surface area contributed by atoms with Crippen LogP contribution in [0.1, 0.15) is 83.1 Å². The predicted octanol–water partition coefficient (Wildman–Crippen LogP) is 4.11. The number of likely N-dealkylation sites (N-methyl/N-ethyl adjacent to an activating group) is 1. The Balaban J connectivity index is 1.22. The number of carbonyl (C=O) groups is 1. The normalized spacial score (nSPS) is 47.2. The molecule has 210 valence electrons. The molecule has 0 bridgehead atoms. The predicted molar refractivity (Wildman–Crippen MR) is 142 cm³/mol. The van der Waals surface area contributed by atoms with Crippen LogP contribution in [0.4, 0.5) is 4.79 Å². The number of β-amino-alcohol motifs (C(OH)–C–C–N with tert-alkyl or cyclic N) is 1. The smallest absolute Gasteiger partial charge is 0.407 e. The lowest BCUT2D eigenvalue weighted by atomic mass is 9.42. The second-order valence-electron chi connectivity index (χ2n) is 13.8. The van der Waals surface area contributed by atoms with Crippen LogP contribution < -0.4 is 5.63 Å². The van der Waals surface area contributed by atoms with Gasteiger partial charge in [-0.05, 0) is 111 Å². The average Bonchev–Trinajstić information content (AvgIpc) is 3.16. The zero-order valence-electron chi connectivity index (χ0n) is 23.0. The summed E-state index contributed by atoms with van der Waals surface area (Å²) < 4.78 is 5.22. The van der Waals surface area contributed by atoms with Gasteiger partial charge in [0.1, 0.15) is 6.23 Å². The Morgan fingerprint density at radius 2 is 1.82 bits per heavy atom. The molecule has 3 N–H and O–H groups in total. The molecule has 5 fully saturated rings. The third-order valence-corrected chi connectivity index (χ3v) is 12.6. The maximum atomic E-state index is 12.5. The van der Waals surface area contributed by atoms with E-state index in [9.17, 15) is 24.9 Å². The number of fused-ring (bicyclic) bond motifs is 5. The quantitative estimate of drug-likeness (QED) is 0.529. The van der Waals surface area contributed by atoms with Gasteiger partial charge in [-0.3, -0.25) is 9.80 Å². The minimum atomic E-state index is -0.929. The van der Waals surface area contributed by atoms with E-state index < -0.39 is 17.9 Å². The van der Waals surface area contributed by atoms with E-state index in [1.807, 2.05) is 18.0 Å². The molecule has 8 nitrogen and oxygen atoms in total. The van der Waals surface area contributed by atoms with Gasteiger partial charge in [0.2, 0.25) is 0 Å². The van der Waals surface area contributed by atoms with E-state index in [1.165, 1.54) is 11.0 Å². The molecular formula is C30H44N2O6. The van der Waals surface area contributed by atoms with Crippen molar-refractivity contribution in [3.8, 4) is 0 Å². The summed E-state index contributed by atoms with van der Waals surface area (Å²) in [6.07, 6.45) is 8.91. The first-order chi connectivity index (χ1) is 18.0. The lowest BCUT2D eigenvalue weighted by Crippen LogP contribution is -2.64. The minimum absolute atomic E-state index is 0.0801. The second-order valence-corrected chi connectivity index (χ2v) is 13.8. The summed E-state index contributed by atoms with van der Waals surface area (Å²) in [5.74, 6) is 1.77. The van der Waals surface area contributed by atoms with E-state index in [0.29, 0.717) is 24.3 Å². The highest BCUT2D eigenvalue weighted by atomic mass is 16.4. The van der Waals surface area contributed by atoms with Crippen LogP contribution in [0.2, 0.25) is 0 Å². The van der Waals surface area contributed by atoms with Gasteiger partial charge in [-0.2, -0.15) is 0 Å². The third-order valence-electron chi connectivity index (χ3n) is 12.6. The highest BCUT2D eigenvalue weighted by Crippen LogP contribution is 2.70. The van der Waals surface area contributed by atoms with E-state index >= 15 is 0 Å². The van der Waals surface area contributed by atoms with Crippen molar-refractivity contribution < 1.29 is 24.5 Å². The molecule has 0 radical (unpaired) electrons. The summed E-state index contributed by atoms with van der Waals surface area (Å²) in [5.41, 5.74) is -0.0940. The first-order valence-electron chi connectivity index (χ1n) is 14.7. The van der Waals surface area contributed by atoms with Crippen molar-refractivity contribution in [3.05, 3.63) is 34.4 Å². The van der Waals surface area contributed by atoms with Crippen molar-refractivity contribution in [2.75, 3.05) is 20.1 Å². The van der Waals surface area contributed by atoms with Crippen LogP contribution in [0.3, 0.4) is 0 Å². The Morgan fingerprint density at radius 3 is 2.53 bits per heavy atom. The second kappa shape index (κ2) is 9.07. The number of carboxylic acid groups (broad SMARTS) is 1. The summed E-state index contributed by atoms with van der Waals surface area (Å²) in [4.78, 5) is 27.0. The van der Waals surface area contributed by atoms with Gasteiger partial charge in [0, 0.05) is 18.0 Å². The molecule has 1 aromatic rings. The third kappa shape index (κ3) is 3.73. The maximum absolute atomic E-state index is 12.5. The van der Waals surface area contributed by atoms with Crippen molar-refractivity contribution in [2.45, 2.75) is 95.4 Å². The number of aliphatic hydroxyl groups is 2. The maximum Gasteiger partial charge on any atom is 0.407 e. The fourth-order valence-electron chi connectivity index (χ4n) is 10.3. The number of aliphatic hydroxyl groups excluding tert-OH is 1. The molecule has 6 rings (SSSR count). The van der Waals surface area contributed by atoms with Gasteiger partial charge in [0.05, 0.1) is 24.5 Å². The van der Waals surface area contributed by atoms with Crippen LogP contribution in [0, 0.1) is 34.5 Å².